The molecule has 0 amide bonds. The second-order valence-electron chi connectivity index (χ2n) is 3.98. The predicted octanol–water partition coefficient (Wildman–Crippen LogP) is 4.83. The highest BCUT2D eigenvalue weighted by Crippen LogP contribution is 2.28. The zero-order chi connectivity index (χ0) is 11.4. The maximum atomic E-state index is 6.13. The maximum Gasteiger partial charge on any atom is 0.0375 e. The lowest BCUT2D eigenvalue weighted by Gasteiger charge is -2.10. The Labute approximate surface area is 102 Å². The molecule has 0 atom stereocenters. The highest BCUT2D eigenvalue weighted by atomic mass is 35.5. The third-order valence-corrected chi connectivity index (χ3v) is 3.05. The van der Waals surface area contributed by atoms with Crippen LogP contribution in [0.1, 0.15) is 19.8 Å². The minimum atomic E-state index is 0.834. The van der Waals surface area contributed by atoms with E-state index in [2.05, 4.69) is 49.5 Å². The van der Waals surface area contributed by atoms with Crippen LogP contribution in [0, 0.1) is 0 Å². The summed E-state index contributed by atoms with van der Waals surface area (Å²) in [5.74, 6) is 0. The summed E-state index contributed by atoms with van der Waals surface area (Å²) in [4.78, 5) is 0. The molecule has 2 aliphatic rings. The minimum absolute atomic E-state index is 0.834. The minimum Gasteiger partial charge on any atom is -0.0847 e. The fraction of sp³-hybridized carbons (Fsp3) is 0.200. The fourth-order valence-electron chi connectivity index (χ4n) is 1.89. The van der Waals surface area contributed by atoms with E-state index in [1.165, 1.54) is 16.7 Å². The van der Waals surface area contributed by atoms with Crippen LogP contribution in [0.5, 0.6) is 0 Å². The van der Waals surface area contributed by atoms with Crippen LogP contribution in [0.4, 0.5) is 0 Å². The summed E-state index contributed by atoms with van der Waals surface area (Å²) in [7, 11) is 0. The molecule has 16 heavy (non-hydrogen) atoms. The lowest BCUT2D eigenvalue weighted by atomic mass is 9.96. The van der Waals surface area contributed by atoms with Crippen molar-refractivity contribution in [3.63, 3.8) is 0 Å². The molecule has 82 valence electrons. The van der Waals surface area contributed by atoms with Gasteiger partial charge in [0.15, 0.2) is 0 Å². The van der Waals surface area contributed by atoms with Gasteiger partial charge in [0.1, 0.15) is 0 Å². The molecule has 0 saturated carbocycles. The molecule has 0 aromatic heterocycles. The van der Waals surface area contributed by atoms with Crippen molar-refractivity contribution in [2.24, 2.45) is 0 Å². The van der Waals surface area contributed by atoms with Gasteiger partial charge < -0.3 is 0 Å². The maximum absolute atomic E-state index is 6.13. The molecule has 0 nitrogen and oxygen atoms in total. The molecule has 0 fully saturated rings. The van der Waals surface area contributed by atoms with Gasteiger partial charge in [-0.3, -0.25) is 0 Å². The van der Waals surface area contributed by atoms with Crippen molar-refractivity contribution in [1.29, 1.82) is 0 Å². The lowest BCUT2D eigenvalue weighted by Crippen LogP contribution is -1.91. The van der Waals surface area contributed by atoms with Gasteiger partial charge in [-0.1, -0.05) is 54.1 Å². The van der Waals surface area contributed by atoms with Crippen molar-refractivity contribution in [3.05, 3.63) is 70.4 Å². The van der Waals surface area contributed by atoms with Gasteiger partial charge in [-0.05, 0) is 42.6 Å². The van der Waals surface area contributed by atoms with Crippen LogP contribution in [0.15, 0.2) is 70.4 Å². The van der Waals surface area contributed by atoms with Gasteiger partial charge in [0, 0.05) is 5.03 Å². The van der Waals surface area contributed by atoms with E-state index in [0.29, 0.717) is 0 Å². The number of rotatable bonds is 1. The SMILES string of the molecule is CC1=CCC=C(Cl)C=C1C1=CC=CC=CC1. The Morgan fingerprint density at radius 1 is 1.12 bits per heavy atom. The first-order valence-corrected chi connectivity index (χ1v) is 5.92. The zero-order valence-electron chi connectivity index (χ0n) is 9.41. The zero-order valence-corrected chi connectivity index (χ0v) is 10.2. The van der Waals surface area contributed by atoms with E-state index >= 15 is 0 Å². The summed E-state index contributed by atoms with van der Waals surface area (Å²) in [5.41, 5.74) is 3.89. The van der Waals surface area contributed by atoms with Gasteiger partial charge in [0.25, 0.3) is 0 Å². The Hall–Kier alpha value is -1.27. The van der Waals surface area contributed by atoms with Crippen LogP contribution in [0.3, 0.4) is 0 Å². The topological polar surface area (TPSA) is 0 Å². The molecule has 2 aliphatic carbocycles. The predicted molar refractivity (Wildman–Crippen MR) is 71.4 cm³/mol. The van der Waals surface area contributed by atoms with Crippen molar-refractivity contribution in [1.82, 2.24) is 0 Å². The monoisotopic (exact) mass is 230 g/mol. The summed E-state index contributed by atoms with van der Waals surface area (Å²) < 4.78 is 0. The van der Waals surface area contributed by atoms with E-state index in [-0.39, 0.29) is 0 Å². The summed E-state index contributed by atoms with van der Waals surface area (Å²) in [6.45, 7) is 2.15. The number of halogens is 1. The van der Waals surface area contributed by atoms with E-state index in [9.17, 15) is 0 Å². The van der Waals surface area contributed by atoms with E-state index in [0.717, 1.165) is 17.9 Å². The molecule has 0 bridgehead atoms. The van der Waals surface area contributed by atoms with Crippen molar-refractivity contribution in [2.75, 3.05) is 0 Å². The van der Waals surface area contributed by atoms with Crippen molar-refractivity contribution >= 4 is 11.6 Å². The summed E-state index contributed by atoms with van der Waals surface area (Å²) in [5, 5.41) is 0.834. The Bertz CT molecular complexity index is 454. The van der Waals surface area contributed by atoms with Crippen LogP contribution >= 0.6 is 11.6 Å². The van der Waals surface area contributed by atoms with Crippen LogP contribution in [-0.4, -0.2) is 0 Å². The summed E-state index contributed by atoms with van der Waals surface area (Å²) in [6, 6.07) is 0. The van der Waals surface area contributed by atoms with Crippen LogP contribution in [0.25, 0.3) is 0 Å². The molecule has 0 aliphatic heterocycles. The molecule has 0 aromatic rings. The fourth-order valence-corrected chi connectivity index (χ4v) is 2.09. The van der Waals surface area contributed by atoms with Gasteiger partial charge in [-0.2, -0.15) is 0 Å². The van der Waals surface area contributed by atoms with Crippen LogP contribution in [-0.2, 0) is 0 Å². The highest BCUT2D eigenvalue weighted by molar-refractivity contribution is 6.31. The molecule has 0 unspecified atom stereocenters. The standard InChI is InChI=1S/C15H15Cl/c1-12-7-6-10-14(16)11-15(12)13-8-4-2-3-5-9-13/h2-5,7-8,10-11H,6,9H2,1H3. The second-order valence-corrected chi connectivity index (χ2v) is 4.42. The molecular formula is C15H15Cl. The second kappa shape index (κ2) is 5.18. The van der Waals surface area contributed by atoms with Gasteiger partial charge in [0.2, 0.25) is 0 Å². The van der Waals surface area contributed by atoms with Crippen molar-refractivity contribution in [3.8, 4) is 0 Å². The number of hydrogen-bond donors (Lipinski definition) is 0. The normalized spacial score (nSPS) is 20.4. The highest BCUT2D eigenvalue weighted by Gasteiger charge is 2.09. The van der Waals surface area contributed by atoms with E-state index < -0.39 is 0 Å². The molecule has 0 N–H and O–H groups in total. The Kier molecular flexibility index (Phi) is 3.63. The molecule has 1 heteroatoms. The smallest absolute Gasteiger partial charge is 0.0375 e. The van der Waals surface area contributed by atoms with E-state index in [1.54, 1.807) is 0 Å². The summed E-state index contributed by atoms with van der Waals surface area (Å²) in [6.07, 6.45) is 18.8. The molecule has 0 heterocycles. The third kappa shape index (κ3) is 2.65. The lowest BCUT2D eigenvalue weighted by molar-refractivity contribution is 1.20. The number of allylic oxidation sites excluding steroid dienone is 12. The average Bonchev–Trinajstić information content (AvgIpc) is 2.60. The Morgan fingerprint density at radius 3 is 2.88 bits per heavy atom. The first-order valence-electron chi connectivity index (χ1n) is 5.54. The molecule has 0 aromatic carbocycles. The van der Waals surface area contributed by atoms with Gasteiger partial charge in [-0.15, -0.1) is 0 Å². The Morgan fingerprint density at radius 2 is 2.00 bits per heavy atom. The molecule has 2 rings (SSSR count). The van der Waals surface area contributed by atoms with E-state index in [1.807, 2.05) is 6.08 Å². The molecule has 0 radical (unpaired) electrons. The largest absolute Gasteiger partial charge is 0.0847 e. The van der Waals surface area contributed by atoms with Crippen molar-refractivity contribution < 1.29 is 0 Å². The Balaban J connectivity index is 2.38. The van der Waals surface area contributed by atoms with Crippen LogP contribution < -0.4 is 0 Å². The van der Waals surface area contributed by atoms with Gasteiger partial charge in [0.05, 0.1) is 0 Å². The molecule has 0 saturated heterocycles. The third-order valence-electron chi connectivity index (χ3n) is 2.78. The van der Waals surface area contributed by atoms with Crippen LogP contribution in [0.2, 0.25) is 0 Å². The quantitative estimate of drug-likeness (QED) is 0.605. The van der Waals surface area contributed by atoms with Gasteiger partial charge >= 0.3 is 0 Å². The summed E-state index contributed by atoms with van der Waals surface area (Å²) >= 11 is 6.13. The first-order chi connectivity index (χ1) is 7.77. The average molecular weight is 231 g/mol. The molecular weight excluding hydrogens is 216 g/mol. The molecule has 0 spiro atoms. The first kappa shape index (κ1) is 11.2. The van der Waals surface area contributed by atoms with E-state index in [4.69, 9.17) is 11.6 Å². The number of hydrogen-bond acceptors (Lipinski definition) is 0. The van der Waals surface area contributed by atoms with Crippen molar-refractivity contribution in [2.45, 2.75) is 19.8 Å². The van der Waals surface area contributed by atoms with Gasteiger partial charge in [-0.25, -0.2) is 0 Å².